The zero-order valence-corrected chi connectivity index (χ0v) is 9.86. The molecule has 0 bridgehead atoms. The third-order valence-electron chi connectivity index (χ3n) is 2.67. The lowest BCUT2D eigenvalue weighted by molar-refractivity contribution is 0.717. The van der Waals surface area contributed by atoms with Crippen molar-refractivity contribution in [1.29, 1.82) is 0 Å². The molecule has 0 radical (unpaired) electrons. The standard InChI is InChI=1S/C13H18N2/c1-9(2)12-8-11-6-5-7-15(11)13(14-12)10(3)4/h5-10H,1-4H3. The van der Waals surface area contributed by atoms with Gasteiger partial charge in [0.1, 0.15) is 5.82 Å². The zero-order valence-electron chi connectivity index (χ0n) is 9.86. The van der Waals surface area contributed by atoms with Crippen LogP contribution in [0.5, 0.6) is 0 Å². The van der Waals surface area contributed by atoms with Crippen molar-refractivity contribution < 1.29 is 0 Å². The summed E-state index contributed by atoms with van der Waals surface area (Å²) in [5, 5.41) is 0. The Balaban J connectivity index is 2.69. The van der Waals surface area contributed by atoms with Crippen LogP contribution in [0.2, 0.25) is 0 Å². The first kappa shape index (κ1) is 10.2. The van der Waals surface area contributed by atoms with Gasteiger partial charge in [-0.15, -0.1) is 0 Å². The molecule has 0 unspecified atom stereocenters. The lowest BCUT2D eigenvalue weighted by atomic mass is 10.1. The third kappa shape index (κ3) is 1.76. The van der Waals surface area contributed by atoms with E-state index in [1.165, 1.54) is 11.2 Å². The van der Waals surface area contributed by atoms with Crippen molar-refractivity contribution in [3.05, 3.63) is 35.9 Å². The first-order valence-corrected chi connectivity index (χ1v) is 5.57. The molecule has 0 N–H and O–H groups in total. The van der Waals surface area contributed by atoms with E-state index in [1.54, 1.807) is 0 Å². The average molecular weight is 202 g/mol. The maximum atomic E-state index is 4.74. The van der Waals surface area contributed by atoms with Crippen LogP contribution < -0.4 is 0 Å². The fraction of sp³-hybridized carbons (Fsp3) is 0.462. The molecule has 2 heterocycles. The number of fused-ring (bicyclic) bond motifs is 1. The number of aromatic nitrogens is 2. The summed E-state index contributed by atoms with van der Waals surface area (Å²) in [7, 11) is 0. The van der Waals surface area contributed by atoms with Gasteiger partial charge in [-0.3, -0.25) is 0 Å². The number of rotatable bonds is 2. The summed E-state index contributed by atoms with van der Waals surface area (Å²) in [5.74, 6) is 2.10. The SMILES string of the molecule is CC(C)c1cc2cccn2c(C(C)C)n1. The lowest BCUT2D eigenvalue weighted by Gasteiger charge is -2.13. The summed E-state index contributed by atoms with van der Waals surface area (Å²) in [6.07, 6.45) is 2.09. The zero-order chi connectivity index (χ0) is 11.0. The molecule has 0 spiro atoms. The second-order valence-corrected chi connectivity index (χ2v) is 4.65. The summed E-state index contributed by atoms with van der Waals surface area (Å²) >= 11 is 0. The van der Waals surface area contributed by atoms with Crippen molar-refractivity contribution in [3.63, 3.8) is 0 Å². The van der Waals surface area contributed by atoms with Gasteiger partial charge in [-0.25, -0.2) is 4.98 Å². The topological polar surface area (TPSA) is 17.3 Å². The van der Waals surface area contributed by atoms with Crippen molar-refractivity contribution in [2.45, 2.75) is 39.5 Å². The van der Waals surface area contributed by atoms with Gasteiger partial charge in [-0.2, -0.15) is 0 Å². The maximum Gasteiger partial charge on any atom is 0.115 e. The quantitative estimate of drug-likeness (QED) is 0.727. The third-order valence-corrected chi connectivity index (χ3v) is 2.67. The summed E-state index contributed by atoms with van der Waals surface area (Å²) in [4.78, 5) is 4.74. The first-order chi connectivity index (χ1) is 7.09. The Morgan fingerprint density at radius 1 is 1.13 bits per heavy atom. The van der Waals surface area contributed by atoms with E-state index in [9.17, 15) is 0 Å². The van der Waals surface area contributed by atoms with Gasteiger partial charge in [0.2, 0.25) is 0 Å². The molecule has 0 fully saturated rings. The Hall–Kier alpha value is -1.31. The molecule has 0 saturated carbocycles. The van der Waals surface area contributed by atoms with Gasteiger partial charge in [0.15, 0.2) is 0 Å². The Morgan fingerprint density at radius 3 is 2.47 bits per heavy atom. The van der Waals surface area contributed by atoms with Gasteiger partial charge >= 0.3 is 0 Å². The van der Waals surface area contributed by atoms with Crippen LogP contribution in [0.25, 0.3) is 5.52 Å². The molecule has 2 rings (SSSR count). The molecule has 80 valence electrons. The van der Waals surface area contributed by atoms with Crippen molar-refractivity contribution in [3.8, 4) is 0 Å². The molecule has 0 atom stereocenters. The minimum absolute atomic E-state index is 0.457. The molecule has 0 aliphatic rings. The summed E-state index contributed by atoms with van der Waals surface area (Å²) in [6.45, 7) is 8.75. The number of hydrogen-bond donors (Lipinski definition) is 0. The molecule has 2 aromatic rings. The summed E-state index contributed by atoms with van der Waals surface area (Å²) in [5.41, 5.74) is 2.43. The second-order valence-electron chi connectivity index (χ2n) is 4.65. The van der Waals surface area contributed by atoms with Crippen LogP contribution in [0.1, 0.15) is 51.0 Å². The lowest BCUT2D eigenvalue weighted by Crippen LogP contribution is -2.06. The Bertz CT molecular complexity index is 466. The molecule has 2 nitrogen and oxygen atoms in total. The predicted octanol–water partition coefficient (Wildman–Crippen LogP) is 3.58. The highest BCUT2D eigenvalue weighted by atomic mass is 15.0. The van der Waals surface area contributed by atoms with E-state index < -0.39 is 0 Å². The summed E-state index contributed by atoms with van der Waals surface area (Å²) in [6, 6.07) is 6.39. The fourth-order valence-corrected chi connectivity index (χ4v) is 1.79. The predicted molar refractivity (Wildman–Crippen MR) is 63.4 cm³/mol. The fourth-order valence-electron chi connectivity index (χ4n) is 1.79. The molecule has 0 amide bonds. The second kappa shape index (κ2) is 3.69. The van der Waals surface area contributed by atoms with Gasteiger partial charge in [0, 0.05) is 23.3 Å². The Labute approximate surface area is 91.0 Å². The van der Waals surface area contributed by atoms with E-state index in [2.05, 4.69) is 56.5 Å². The minimum Gasteiger partial charge on any atom is -0.305 e. The largest absolute Gasteiger partial charge is 0.305 e. The molecular formula is C13H18N2. The summed E-state index contributed by atoms with van der Waals surface area (Å²) < 4.78 is 2.18. The molecule has 0 aliphatic carbocycles. The van der Waals surface area contributed by atoms with Crippen LogP contribution >= 0.6 is 0 Å². The van der Waals surface area contributed by atoms with Crippen molar-refractivity contribution >= 4 is 5.52 Å². The number of nitrogens with zero attached hydrogens (tertiary/aromatic N) is 2. The van der Waals surface area contributed by atoms with Crippen LogP contribution in [0.3, 0.4) is 0 Å². The van der Waals surface area contributed by atoms with Crippen LogP contribution in [0.4, 0.5) is 0 Å². The normalized spacial score (nSPS) is 11.9. The van der Waals surface area contributed by atoms with E-state index in [0.29, 0.717) is 11.8 Å². The average Bonchev–Trinajstić information content (AvgIpc) is 2.62. The Kier molecular flexibility index (Phi) is 2.51. The molecule has 0 saturated heterocycles. The highest BCUT2D eigenvalue weighted by molar-refractivity contribution is 5.49. The number of hydrogen-bond acceptors (Lipinski definition) is 1. The van der Waals surface area contributed by atoms with E-state index in [-0.39, 0.29) is 0 Å². The highest BCUT2D eigenvalue weighted by Gasteiger charge is 2.10. The Morgan fingerprint density at radius 2 is 1.87 bits per heavy atom. The molecule has 2 aromatic heterocycles. The van der Waals surface area contributed by atoms with Crippen molar-refractivity contribution in [1.82, 2.24) is 9.38 Å². The molecule has 0 aromatic carbocycles. The van der Waals surface area contributed by atoms with Crippen LogP contribution in [-0.4, -0.2) is 9.38 Å². The van der Waals surface area contributed by atoms with Gasteiger partial charge < -0.3 is 4.40 Å². The van der Waals surface area contributed by atoms with E-state index >= 15 is 0 Å². The van der Waals surface area contributed by atoms with Gasteiger partial charge in [0.05, 0.1) is 0 Å². The highest BCUT2D eigenvalue weighted by Crippen LogP contribution is 2.20. The van der Waals surface area contributed by atoms with Gasteiger partial charge in [-0.05, 0) is 24.1 Å². The molecule has 2 heteroatoms. The van der Waals surface area contributed by atoms with E-state index in [0.717, 1.165) is 5.82 Å². The van der Waals surface area contributed by atoms with Gasteiger partial charge in [-0.1, -0.05) is 27.7 Å². The van der Waals surface area contributed by atoms with Gasteiger partial charge in [0.25, 0.3) is 0 Å². The smallest absolute Gasteiger partial charge is 0.115 e. The van der Waals surface area contributed by atoms with Crippen LogP contribution in [0.15, 0.2) is 24.4 Å². The maximum absolute atomic E-state index is 4.74. The minimum atomic E-state index is 0.457. The first-order valence-electron chi connectivity index (χ1n) is 5.57. The monoisotopic (exact) mass is 202 g/mol. The van der Waals surface area contributed by atoms with Crippen LogP contribution in [0, 0.1) is 0 Å². The molecule has 0 aliphatic heterocycles. The van der Waals surface area contributed by atoms with Crippen LogP contribution in [-0.2, 0) is 0 Å². The van der Waals surface area contributed by atoms with Crippen molar-refractivity contribution in [2.75, 3.05) is 0 Å². The van der Waals surface area contributed by atoms with Crippen molar-refractivity contribution in [2.24, 2.45) is 0 Å². The van der Waals surface area contributed by atoms with E-state index in [1.807, 2.05) is 0 Å². The molecular weight excluding hydrogens is 184 g/mol. The van der Waals surface area contributed by atoms with E-state index in [4.69, 9.17) is 4.98 Å². The molecule has 15 heavy (non-hydrogen) atoms.